The van der Waals surface area contributed by atoms with Crippen LogP contribution in [-0.4, -0.2) is 11.2 Å². The Morgan fingerprint density at radius 1 is 1.24 bits per heavy atom. The van der Waals surface area contributed by atoms with Crippen molar-refractivity contribution in [1.82, 2.24) is 0 Å². The summed E-state index contributed by atoms with van der Waals surface area (Å²) in [6.07, 6.45) is 5.63. The average Bonchev–Trinajstić information content (AvgIpc) is 2.35. The Labute approximate surface area is 105 Å². The van der Waals surface area contributed by atoms with Crippen molar-refractivity contribution in [2.45, 2.75) is 52.1 Å². The van der Waals surface area contributed by atoms with Crippen LogP contribution in [0.25, 0.3) is 0 Å². The SMILES string of the molecule is CCC1CCC(O)C(Cc2ccccc2C)C1. The summed E-state index contributed by atoms with van der Waals surface area (Å²) < 4.78 is 0. The summed E-state index contributed by atoms with van der Waals surface area (Å²) >= 11 is 0. The van der Waals surface area contributed by atoms with Gasteiger partial charge in [0.2, 0.25) is 0 Å². The monoisotopic (exact) mass is 232 g/mol. The van der Waals surface area contributed by atoms with Gasteiger partial charge in [-0.05, 0) is 55.6 Å². The van der Waals surface area contributed by atoms with Gasteiger partial charge >= 0.3 is 0 Å². The van der Waals surface area contributed by atoms with E-state index in [1.54, 1.807) is 0 Å². The van der Waals surface area contributed by atoms with Gasteiger partial charge in [-0.15, -0.1) is 0 Å². The molecule has 1 aliphatic carbocycles. The molecule has 0 amide bonds. The minimum Gasteiger partial charge on any atom is -0.393 e. The lowest BCUT2D eigenvalue weighted by Crippen LogP contribution is -2.30. The lowest BCUT2D eigenvalue weighted by molar-refractivity contribution is 0.0474. The van der Waals surface area contributed by atoms with E-state index in [0.717, 1.165) is 18.8 Å². The van der Waals surface area contributed by atoms with Gasteiger partial charge in [-0.3, -0.25) is 0 Å². The maximum Gasteiger partial charge on any atom is 0.0571 e. The molecule has 1 N–H and O–H groups in total. The number of hydrogen-bond acceptors (Lipinski definition) is 1. The van der Waals surface area contributed by atoms with E-state index >= 15 is 0 Å². The first-order valence-electron chi connectivity index (χ1n) is 6.93. The molecule has 94 valence electrons. The Balaban J connectivity index is 2.04. The van der Waals surface area contributed by atoms with Crippen molar-refractivity contribution in [2.75, 3.05) is 0 Å². The third-order valence-corrected chi connectivity index (χ3v) is 4.37. The third-order valence-electron chi connectivity index (χ3n) is 4.37. The molecule has 3 atom stereocenters. The topological polar surface area (TPSA) is 20.2 Å². The molecule has 0 radical (unpaired) electrons. The predicted molar refractivity (Wildman–Crippen MR) is 72.0 cm³/mol. The fourth-order valence-corrected chi connectivity index (χ4v) is 3.06. The summed E-state index contributed by atoms with van der Waals surface area (Å²) in [4.78, 5) is 0. The number of hydrogen-bond donors (Lipinski definition) is 1. The van der Waals surface area contributed by atoms with Crippen molar-refractivity contribution in [3.05, 3.63) is 35.4 Å². The number of aryl methyl sites for hydroxylation is 1. The molecule has 0 spiro atoms. The molecule has 1 aliphatic rings. The Morgan fingerprint density at radius 3 is 2.71 bits per heavy atom. The molecule has 0 aromatic heterocycles. The van der Waals surface area contributed by atoms with Crippen LogP contribution < -0.4 is 0 Å². The number of rotatable bonds is 3. The molecule has 1 saturated carbocycles. The second-order valence-corrected chi connectivity index (χ2v) is 5.55. The molecule has 1 aromatic carbocycles. The van der Waals surface area contributed by atoms with Crippen LogP contribution in [0.5, 0.6) is 0 Å². The molecule has 17 heavy (non-hydrogen) atoms. The van der Waals surface area contributed by atoms with E-state index in [1.165, 1.54) is 30.4 Å². The first-order chi connectivity index (χ1) is 8.20. The molecular weight excluding hydrogens is 208 g/mol. The molecule has 1 aromatic rings. The van der Waals surface area contributed by atoms with E-state index in [0.29, 0.717) is 5.92 Å². The summed E-state index contributed by atoms with van der Waals surface area (Å²) in [7, 11) is 0. The molecule has 0 aliphatic heterocycles. The van der Waals surface area contributed by atoms with Crippen LogP contribution in [0.15, 0.2) is 24.3 Å². The van der Waals surface area contributed by atoms with Gasteiger partial charge in [-0.25, -0.2) is 0 Å². The highest BCUT2D eigenvalue weighted by molar-refractivity contribution is 5.26. The Kier molecular flexibility index (Phi) is 4.22. The van der Waals surface area contributed by atoms with Gasteiger partial charge in [-0.1, -0.05) is 37.6 Å². The van der Waals surface area contributed by atoms with Crippen molar-refractivity contribution in [1.29, 1.82) is 0 Å². The predicted octanol–water partition coefficient (Wildman–Crippen LogP) is 3.72. The summed E-state index contributed by atoms with van der Waals surface area (Å²) in [5, 5.41) is 10.1. The van der Waals surface area contributed by atoms with E-state index in [-0.39, 0.29) is 6.10 Å². The zero-order valence-electron chi connectivity index (χ0n) is 11.0. The maximum atomic E-state index is 10.1. The maximum absolute atomic E-state index is 10.1. The van der Waals surface area contributed by atoms with Gasteiger partial charge in [0, 0.05) is 0 Å². The minimum absolute atomic E-state index is 0.0857. The second kappa shape index (κ2) is 5.68. The van der Waals surface area contributed by atoms with Crippen LogP contribution in [0.2, 0.25) is 0 Å². The second-order valence-electron chi connectivity index (χ2n) is 5.55. The highest BCUT2D eigenvalue weighted by Gasteiger charge is 2.28. The van der Waals surface area contributed by atoms with Crippen molar-refractivity contribution in [3.63, 3.8) is 0 Å². The normalized spacial score (nSPS) is 29.2. The number of benzene rings is 1. The molecule has 0 saturated heterocycles. The fraction of sp³-hybridized carbons (Fsp3) is 0.625. The van der Waals surface area contributed by atoms with E-state index in [2.05, 4.69) is 38.1 Å². The Hall–Kier alpha value is -0.820. The Bertz CT molecular complexity index is 358. The van der Waals surface area contributed by atoms with Crippen molar-refractivity contribution < 1.29 is 5.11 Å². The van der Waals surface area contributed by atoms with Gasteiger partial charge in [-0.2, -0.15) is 0 Å². The Morgan fingerprint density at radius 2 is 2.00 bits per heavy atom. The van der Waals surface area contributed by atoms with Crippen LogP contribution in [0, 0.1) is 18.8 Å². The standard InChI is InChI=1S/C16H24O/c1-3-13-8-9-16(17)15(10-13)11-14-7-5-4-6-12(14)2/h4-7,13,15-17H,3,8-11H2,1-2H3. The molecule has 2 rings (SSSR count). The van der Waals surface area contributed by atoms with Gasteiger partial charge < -0.3 is 5.11 Å². The zero-order valence-corrected chi connectivity index (χ0v) is 11.0. The van der Waals surface area contributed by atoms with E-state index < -0.39 is 0 Å². The van der Waals surface area contributed by atoms with E-state index in [1.807, 2.05) is 0 Å². The molecule has 1 heteroatoms. The van der Waals surface area contributed by atoms with Crippen LogP contribution in [0.3, 0.4) is 0 Å². The zero-order chi connectivity index (χ0) is 12.3. The van der Waals surface area contributed by atoms with Gasteiger partial charge in [0.25, 0.3) is 0 Å². The smallest absolute Gasteiger partial charge is 0.0571 e. The van der Waals surface area contributed by atoms with E-state index in [4.69, 9.17) is 0 Å². The molecule has 1 fully saturated rings. The highest BCUT2D eigenvalue weighted by atomic mass is 16.3. The fourth-order valence-electron chi connectivity index (χ4n) is 3.06. The van der Waals surface area contributed by atoms with Crippen LogP contribution >= 0.6 is 0 Å². The molecular formula is C16H24O. The van der Waals surface area contributed by atoms with Crippen molar-refractivity contribution in [2.24, 2.45) is 11.8 Å². The first-order valence-corrected chi connectivity index (χ1v) is 6.93. The lowest BCUT2D eigenvalue weighted by atomic mass is 9.75. The number of aliphatic hydroxyl groups is 1. The molecule has 3 unspecified atom stereocenters. The minimum atomic E-state index is -0.0857. The molecule has 0 heterocycles. The average molecular weight is 232 g/mol. The quantitative estimate of drug-likeness (QED) is 0.842. The van der Waals surface area contributed by atoms with E-state index in [9.17, 15) is 5.11 Å². The lowest BCUT2D eigenvalue weighted by Gasteiger charge is -2.33. The van der Waals surface area contributed by atoms with Gasteiger partial charge in [0.15, 0.2) is 0 Å². The highest BCUT2D eigenvalue weighted by Crippen LogP contribution is 2.33. The van der Waals surface area contributed by atoms with Gasteiger partial charge in [0.05, 0.1) is 6.10 Å². The summed E-state index contributed by atoms with van der Waals surface area (Å²) in [5.74, 6) is 1.29. The van der Waals surface area contributed by atoms with Crippen LogP contribution in [-0.2, 0) is 6.42 Å². The number of aliphatic hydroxyl groups excluding tert-OH is 1. The first kappa shape index (κ1) is 12.6. The third kappa shape index (κ3) is 3.10. The van der Waals surface area contributed by atoms with Crippen molar-refractivity contribution in [3.8, 4) is 0 Å². The van der Waals surface area contributed by atoms with Crippen molar-refractivity contribution >= 4 is 0 Å². The summed E-state index contributed by atoms with van der Waals surface area (Å²) in [6.45, 7) is 4.44. The summed E-state index contributed by atoms with van der Waals surface area (Å²) in [6, 6.07) is 8.57. The largest absolute Gasteiger partial charge is 0.393 e. The van der Waals surface area contributed by atoms with Crippen LogP contribution in [0.4, 0.5) is 0 Å². The molecule has 0 bridgehead atoms. The summed E-state index contributed by atoms with van der Waals surface area (Å²) in [5.41, 5.74) is 2.77. The molecule has 1 nitrogen and oxygen atoms in total. The van der Waals surface area contributed by atoms with Gasteiger partial charge in [0.1, 0.15) is 0 Å². The van der Waals surface area contributed by atoms with Crippen LogP contribution in [0.1, 0.15) is 43.7 Å².